The van der Waals surface area contributed by atoms with Crippen molar-refractivity contribution in [3.05, 3.63) is 35.9 Å². The Morgan fingerprint density at radius 1 is 1.20 bits per heavy atom. The molecule has 4 nitrogen and oxygen atoms in total. The Kier molecular flexibility index (Phi) is 3.85. The van der Waals surface area contributed by atoms with Gasteiger partial charge in [0, 0.05) is 0 Å². The molecule has 0 bridgehead atoms. The van der Waals surface area contributed by atoms with Gasteiger partial charge in [-0.25, -0.2) is 4.79 Å². The molecule has 0 radical (unpaired) electrons. The molecule has 0 amide bonds. The van der Waals surface area contributed by atoms with E-state index < -0.39 is 18.0 Å². The lowest BCUT2D eigenvalue weighted by Crippen LogP contribution is -2.17. The van der Waals surface area contributed by atoms with Crippen molar-refractivity contribution >= 4 is 12.1 Å². The van der Waals surface area contributed by atoms with Gasteiger partial charge in [0.05, 0.1) is 13.0 Å². The molecule has 0 aliphatic carbocycles. The summed E-state index contributed by atoms with van der Waals surface area (Å²) in [6, 6.07) is 9.07. The van der Waals surface area contributed by atoms with Gasteiger partial charge in [0.2, 0.25) is 0 Å². The second-order valence-corrected chi connectivity index (χ2v) is 3.01. The normalized spacial score (nSPS) is 11.6. The number of carbonyl (C=O) groups excluding carboxylic acids is 2. The Balaban J connectivity index is 2.65. The summed E-state index contributed by atoms with van der Waals surface area (Å²) < 4.78 is 8.64. The molecular formula is C11H12O4. The van der Waals surface area contributed by atoms with Crippen LogP contribution < -0.4 is 0 Å². The second-order valence-electron chi connectivity index (χ2n) is 3.01. The second kappa shape index (κ2) is 5.14. The van der Waals surface area contributed by atoms with Gasteiger partial charge in [0.25, 0.3) is 0 Å². The molecule has 0 aliphatic heterocycles. The largest absolute Gasteiger partial charge is 0.515 e. The van der Waals surface area contributed by atoms with Crippen molar-refractivity contribution in [1.82, 2.24) is 0 Å². The van der Waals surface area contributed by atoms with Crippen molar-refractivity contribution in [2.75, 3.05) is 7.11 Å². The standard InChI is InChI=1S/C11H12O4/c1-8(9-6-4-3-5-7-9)10(12)15-11(13)14-2/h3-8H,1-2H3. The Labute approximate surface area is 87.8 Å². The minimum atomic E-state index is -0.984. The van der Waals surface area contributed by atoms with Crippen molar-refractivity contribution in [2.24, 2.45) is 0 Å². The van der Waals surface area contributed by atoms with Gasteiger partial charge in [-0.05, 0) is 12.5 Å². The molecule has 0 aliphatic rings. The number of benzene rings is 1. The minimum absolute atomic E-state index is 0.481. The molecule has 4 heteroatoms. The van der Waals surface area contributed by atoms with E-state index in [4.69, 9.17) is 0 Å². The van der Waals surface area contributed by atoms with Gasteiger partial charge < -0.3 is 9.47 Å². The molecule has 0 fully saturated rings. The average molecular weight is 208 g/mol. The van der Waals surface area contributed by atoms with Gasteiger partial charge in [0.1, 0.15) is 0 Å². The van der Waals surface area contributed by atoms with Crippen LogP contribution in [0.5, 0.6) is 0 Å². The predicted molar refractivity (Wildman–Crippen MR) is 53.4 cm³/mol. The fraction of sp³-hybridized carbons (Fsp3) is 0.273. The molecule has 1 aromatic rings. The highest BCUT2D eigenvalue weighted by molar-refractivity contribution is 5.86. The van der Waals surface area contributed by atoms with Crippen LogP contribution in [-0.2, 0) is 14.3 Å². The van der Waals surface area contributed by atoms with Crippen molar-refractivity contribution < 1.29 is 19.1 Å². The van der Waals surface area contributed by atoms with Crippen LogP contribution in [0.4, 0.5) is 4.79 Å². The fourth-order valence-electron chi connectivity index (χ4n) is 1.09. The van der Waals surface area contributed by atoms with Crippen LogP contribution in [0.25, 0.3) is 0 Å². The number of hydrogen-bond acceptors (Lipinski definition) is 4. The van der Waals surface area contributed by atoms with Crippen LogP contribution in [0.2, 0.25) is 0 Å². The Morgan fingerprint density at radius 3 is 2.33 bits per heavy atom. The molecule has 80 valence electrons. The number of hydrogen-bond donors (Lipinski definition) is 0. The summed E-state index contributed by atoms with van der Waals surface area (Å²) in [5, 5.41) is 0. The zero-order chi connectivity index (χ0) is 11.3. The summed E-state index contributed by atoms with van der Waals surface area (Å²) in [5.41, 5.74) is 0.798. The van der Waals surface area contributed by atoms with E-state index in [1.165, 1.54) is 0 Å². The minimum Gasteiger partial charge on any atom is -0.437 e. The number of esters is 1. The molecule has 0 N–H and O–H groups in total. The number of rotatable bonds is 2. The van der Waals surface area contributed by atoms with Gasteiger partial charge in [-0.2, -0.15) is 0 Å². The number of ether oxygens (including phenoxy) is 2. The molecule has 1 aromatic carbocycles. The highest BCUT2D eigenvalue weighted by Crippen LogP contribution is 2.16. The molecule has 1 unspecified atom stereocenters. The first-order valence-electron chi connectivity index (χ1n) is 4.49. The summed E-state index contributed by atoms with van der Waals surface area (Å²) in [4.78, 5) is 22.1. The van der Waals surface area contributed by atoms with Gasteiger partial charge in [-0.15, -0.1) is 0 Å². The lowest BCUT2D eigenvalue weighted by molar-refractivity contribution is -0.140. The van der Waals surface area contributed by atoms with Crippen molar-refractivity contribution in [2.45, 2.75) is 12.8 Å². The lowest BCUT2D eigenvalue weighted by atomic mass is 10.0. The molecule has 1 atom stereocenters. The fourth-order valence-corrected chi connectivity index (χ4v) is 1.09. The number of methoxy groups -OCH3 is 1. The zero-order valence-electron chi connectivity index (χ0n) is 8.60. The van der Waals surface area contributed by atoms with E-state index in [0.717, 1.165) is 12.7 Å². The third-order valence-electron chi connectivity index (χ3n) is 2.00. The highest BCUT2D eigenvalue weighted by Gasteiger charge is 2.19. The van der Waals surface area contributed by atoms with Gasteiger partial charge >= 0.3 is 12.1 Å². The monoisotopic (exact) mass is 208 g/mol. The molecule has 15 heavy (non-hydrogen) atoms. The van der Waals surface area contributed by atoms with Gasteiger partial charge in [-0.3, -0.25) is 4.79 Å². The van der Waals surface area contributed by atoms with Crippen molar-refractivity contribution in [1.29, 1.82) is 0 Å². The maximum atomic E-state index is 11.4. The van der Waals surface area contributed by atoms with E-state index in [9.17, 15) is 9.59 Å². The molecule has 0 saturated carbocycles. The lowest BCUT2D eigenvalue weighted by Gasteiger charge is -2.09. The van der Waals surface area contributed by atoms with Crippen LogP contribution in [0.3, 0.4) is 0 Å². The van der Waals surface area contributed by atoms with E-state index in [1.54, 1.807) is 19.1 Å². The first-order valence-corrected chi connectivity index (χ1v) is 4.49. The molecule has 0 heterocycles. The van der Waals surface area contributed by atoms with Crippen LogP contribution in [0.1, 0.15) is 18.4 Å². The van der Waals surface area contributed by atoms with Gasteiger partial charge in [0.15, 0.2) is 0 Å². The SMILES string of the molecule is COC(=O)OC(=O)C(C)c1ccccc1. The molecular weight excluding hydrogens is 196 g/mol. The van der Waals surface area contributed by atoms with Crippen LogP contribution in [0.15, 0.2) is 30.3 Å². The van der Waals surface area contributed by atoms with E-state index in [1.807, 2.05) is 18.2 Å². The summed E-state index contributed by atoms with van der Waals surface area (Å²) in [6.45, 7) is 1.67. The summed E-state index contributed by atoms with van der Waals surface area (Å²) >= 11 is 0. The third kappa shape index (κ3) is 3.09. The van der Waals surface area contributed by atoms with E-state index in [2.05, 4.69) is 9.47 Å². The van der Waals surface area contributed by atoms with Crippen LogP contribution >= 0.6 is 0 Å². The van der Waals surface area contributed by atoms with Crippen molar-refractivity contribution in [3.63, 3.8) is 0 Å². The van der Waals surface area contributed by atoms with E-state index in [-0.39, 0.29) is 0 Å². The average Bonchev–Trinajstić information content (AvgIpc) is 2.29. The van der Waals surface area contributed by atoms with E-state index in [0.29, 0.717) is 0 Å². The maximum absolute atomic E-state index is 11.4. The molecule has 0 spiro atoms. The van der Waals surface area contributed by atoms with Crippen LogP contribution in [-0.4, -0.2) is 19.2 Å². The van der Waals surface area contributed by atoms with Crippen molar-refractivity contribution in [3.8, 4) is 0 Å². The predicted octanol–water partition coefficient (Wildman–Crippen LogP) is 2.10. The van der Waals surface area contributed by atoms with Crippen LogP contribution in [0, 0.1) is 0 Å². The molecule has 0 saturated heterocycles. The first-order chi connectivity index (χ1) is 7.15. The summed E-state index contributed by atoms with van der Waals surface area (Å²) in [5.74, 6) is -1.10. The third-order valence-corrected chi connectivity index (χ3v) is 2.00. The quantitative estimate of drug-likeness (QED) is 0.551. The Hall–Kier alpha value is -1.84. The van der Waals surface area contributed by atoms with Gasteiger partial charge in [-0.1, -0.05) is 30.3 Å². The zero-order valence-corrected chi connectivity index (χ0v) is 8.60. The molecule has 0 aromatic heterocycles. The smallest absolute Gasteiger partial charge is 0.437 e. The Bertz CT molecular complexity index is 345. The highest BCUT2D eigenvalue weighted by atomic mass is 16.7. The Morgan fingerprint density at radius 2 is 1.80 bits per heavy atom. The summed E-state index contributed by atoms with van der Waals surface area (Å²) in [7, 11) is 1.16. The maximum Gasteiger partial charge on any atom is 0.515 e. The summed E-state index contributed by atoms with van der Waals surface area (Å²) in [6.07, 6.45) is -0.984. The molecule has 1 rings (SSSR count). The first kappa shape index (κ1) is 11.2. The number of carbonyl (C=O) groups is 2. The van der Waals surface area contributed by atoms with E-state index >= 15 is 0 Å². The topological polar surface area (TPSA) is 52.6 Å².